The Labute approximate surface area is 106 Å². The van der Waals surface area contributed by atoms with E-state index in [1.54, 1.807) is 31.2 Å². The van der Waals surface area contributed by atoms with Crippen LogP contribution in [0.2, 0.25) is 5.02 Å². The Morgan fingerprint density at radius 1 is 1.41 bits per heavy atom. The molecule has 0 fully saturated rings. The molecule has 0 N–H and O–H groups in total. The molecule has 0 saturated heterocycles. The van der Waals surface area contributed by atoms with Gasteiger partial charge in [-0.15, -0.1) is 0 Å². The number of hydrogen-bond donors (Lipinski definition) is 0. The number of hydrogen-bond acceptors (Lipinski definition) is 3. The number of carbonyl (C=O) groups excluding carboxylic acids is 2. The number of esters is 1. The third-order valence-electron chi connectivity index (χ3n) is 2.42. The van der Waals surface area contributed by atoms with Gasteiger partial charge in [0.2, 0.25) is 0 Å². The number of rotatable bonds is 6. The second-order valence-electron chi connectivity index (χ2n) is 3.60. The van der Waals surface area contributed by atoms with Crippen LogP contribution < -0.4 is 0 Å². The SMILES string of the molecule is CCOC(=O)C(CCC=O)c1ccc(Cl)cc1. The summed E-state index contributed by atoms with van der Waals surface area (Å²) in [7, 11) is 0. The largest absolute Gasteiger partial charge is 0.466 e. The van der Waals surface area contributed by atoms with Crippen molar-refractivity contribution in [3.05, 3.63) is 34.9 Å². The maximum absolute atomic E-state index is 11.8. The highest BCUT2D eigenvalue weighted by Gasteiger charge is 2.21. The van der Waals surface area contributed by atoms with E-state index in [-0.39, 0.29) is 5.97 Å². The summed E-state index contributed by atoms with van der Waals surface area (Å²) in [5, 5.41) is 0.617. The lowest BCUT2D eigenvalue weighted by molar-refractivity contribution is -0.145. The van der Waals surface area contributed by atoms with Gasteiger partial charge in [0.25, 0.3) is 0 Å². The second kappa shape index (κ2) is 7.07. The van der Waals surface area contributed by atoms with Crippen LogP contribution in [0.15, 0.2) is 24.3 Å². The molecule has 1 unspecified atom stereocenters. The Hall–Kier alpha value is -1.35. The molecule has 0 aromatic heterocycles. The predicted octanol–water partition coefficient (Wildman–Crippen LogP) is 2.97. The topological polar surface area (TPSA) is 43.4 Å². The van der Waals surface area contributed by atoms with Crippen LogP contribution in [0, 0.1) is 0 Å². The molecule has 1 aromatic rings. The standard InChI is InChI=1S/C13H15ClO3/c1-2-17-13(16)12(4-3-9-15)10-5-7-11(14)8-6-10/h5-9,12H,2-4H2,1H3. The summed E-state index contributed by atoms with van der Waals surface area (Å²) < 4.78 is 5.00. The zero-order valence-electron chi connectivity index (χ0n) is 9.69. The molecule has 0 aliphatic heterocycles. The molecule has 0 aliphatic rings. The zero-order valence-corrected chi connectivity index (χ0v) is 10.4. The lowest BCUT2D eigenvalue weighted by Crippen LogP contribution is -2.16. The van der Waals surface area contributed by atoms with E-state index in [0.717, 1.165) is 11.8 Å². The average Bonchev–Trinajstić information content (AvgIpc) is 2.32. The van der Waals surface area contributed by atoms with E-state index in [0.29, 0.717) is 24.5 Å². The predicted molar refractivity (Wildman–Crippen MR) is 66.1 cm³/mol. The number of ether oxygens (including phenoxy) is 1. The van der Waals surface area contributed by atoms with Gasteiger partial charge < -0.3 is 9.53 Å². The summed E-state index contributed by atoms with van der Waals surface area (Å²) in [5.74, 6) is -0.686. The highest BCUT2D eigenvalue weighted by molar-refractivity contribution is 6.30. The normalized spacial score (nSPS) is 11.9. The molecule has 4 heteroatoms. The van der Waals surface area contributed by atoms with Crippen molar-refractivity contribution < 1.29 is 14.3 Å². The van der Waals surface area contributed by atoms with E-state index in [2.05, 4.69) is 0 Å². The Morgan fingerprint density at radius 2 is 2.06 bits per heavy atom. The third-order valence-corrected chi connectivity index (χ3v) is 2.67. The highest BCUT2D eigenvalue weighted by Crippen LogP contribution is 2.24. The summed E-state index contributed by atoms with van der Waals surface area (Å²) in [6.45, 7) is 2.10. The molecule has 0 spiro atoms. The van der Waals surface area contributed by atoms with Crippen LogP contribution in [0.5, 0.6) is 0 Å². The third kappa shape index (κ3) is 4.19. The van der Waals surface area contributed by atoms with E-state index in [9.17, 15) is 9.59 Å². The van der Waals surface area contributed by atoms with Gasteiger partial charge >= 0.3 is 5.97 Å². The monoisotopic (exact) mass is 254 g/mol. The molecule has 1 rings (SSSR count). The molecule has 0 amide bonds. The zero-order chi connectivity index (χ0) is 12.7. The van der Waals surface area contributed by atoms with Crippen LogP contribution in [0.3, 0.4) is 0 Å². The fourth-order valence-electron chi connectivity index (χ4n) is 1.59. The van der Waals surface area contributed by atoms with Gasteiger partial charge in [0.15, 0.2) is 0 Å². The van der Waals surface area contributed by atoms with Gasteiger partial charge in [-0.1, -0.05) is 23.7 Å². The fraction of sp³-hybridized carbons (Fsp3) is 0.385. The molecule has 17 heavy (non-hydrogen) atoms. The molecular weight excluding hydrogens is 240 g/mol. The first-order valence-electron chi connectivity index (χ1n) is 5.54. The lowest BCUT2D eigenvalue weighted by atomic mass is 9.94. The lowest BCUT2D eigenvalue weighted by Gasteiger charge is -2.14. The minimum Gasteiger partial charge on any atom is -0.466 e. The average molecular weight is 255 g/mol. The first-order chi connectivity index (χ1) is 8.19. The minimum atomic E-state index is -0.391. The van der Waals surface area contributed by atoms with Crippen molar-refractivity contribution >= 4 is 23.9 Å². The maximum atomic E-state index is 11.8. The van der Waals surface area contributed by atoms with Gasteiger partial charge in [0.05, 0.1) is 12.5 Å². The molecule has 1 atom stereocenters. The van der Waals surface area contributed by atoms with Gasteiger partial charge in [-0.05, 0) is 31.0 Å². The summed E-state index contributed by atoms with van der Waals surface area (Å²) in [6.07, 6.45) is 1.61. The second-order valence-corrected chi connectivity index (χ2v) is 4.04. The summed E-state index contributed by atoms with van der Waals surface area (Å²) in [5.41, 5.74) is 0.828. The summed E-state index contributed by atoms with van der Waals surface area (Å²) >= 11 is 5.79. The quantitative estimate of drug-likeness (QED) is 0.579. The van der Waals surface area contributed by atoms with E-state index in [4.69, 9.17) is 16.3 Å². The van der Waals surface area contributed by atoms with Crippen LogP contribution in [-0.4, -0.2) is 18.9 Å². The van der Waals surface area contributed by atoms with Gasteiger partial charge in [-0.3, -0.25) is 4.79 Å². The maximum Gasteiger partial charge on any atom is 0.313 e. The van der Waals surface area contributed by atoms with Crippen LogP contribution in [0.4, 0.5) is 0 Å². The molecule has 0 radical (unpaired) electrons. The number of carbonyl (C=O) groups is 2. The first-order valence-corrected chi connectivity index (χ1v) is 5.92. The van der Waals surface area contributed by atoms with Crippen molar-refractivity contribution in [1.82, 2.24) is 0 Å². The van der Waals surface area contributed by atoms with Gasteiger partial charge in [-0.2, -0.15) is 0 Å². The van der Waals surface area contributed by atoms with Crippen molar-refractivity contribution in [1.29, 1.82) is 0 Å². The van der Waals surface area contributed by atoms with Crippen LogP contribution in [0.1, 0.15) is 31.2 Å². The van der Waals surface area contributed by atoms with Crippen molar-refractivity contribution in [3.63, 3.8) is 0 Å². The first kappa shape index (κ1) is 13.7. The Bertz CT molecular complexity index is 373. The van der Waals surface area contributed by atoms with Crippen molar-refractivity contribution in [3.8, 4) is 0 Å². The van der Waals surface area contributed by atoms with Crippen molar-refractivity contribution in [2.75, 3.05) is 6.61 Å². The van der Waals surface area contributed by atoms with Gasteiger partial charge in [-0.25, -0.2) is 0 Å². The van der Waals surface area contributed by atoms with Crippen LogP contribution in [0.25, 0.3) is 0 Å². The Balaban J connectivity index is 2.84. The number of halogens is 1. The Kier molecular flexibility index (Phi) is 5.70. The fourth-order valence-corrected chi connectivity index (χ4v) is 1.72. The molecule has 3 nitrogen and oxygen atoms in total. The molecule has 92 valence electrons. The van der Waals surface area contributed by atoms with Gasteiger partial charge in [0, 0.05) is 11.4 Å². The minimum absolute atomic E-state index is 0.295. The van der Waals surface area contributed by atoms with Crippen molar-refractivity contribution in [2.24, 2.45) is 0 Å². The number of benzene rings is 1. The van der Waals surface area contributed by atoms with Crippen LogP contribution in [-0.2, 0) is 14.3 Å². The van der Waals surface area contributed by atoms with Crippen molar-refractivity contribution in [2.45, 2.75) is 25.7 Å². The van der Waals surface area contributed by atoms with Crippen LogP contribution >= 0.6 is 11.6 Å². The molecular formula is C13H15ClO3. The summed E-state index contributed by atoms with van der Waals surface area (Å²) in [6, 6.07) is 7.03. The smallest absolute Gasteiger partial charge is 0.313 e. The van der Waals surface area contributed by atoms with E-state index >= 15 is 0 Å². The molecule has 0 aliphatic carbocycles. The summed E-state index contributed by atoms with van der Waals surface area (Å²) in [4.78, 5) is 22.2. The highest BCUT2D eigenvalue weighted by atomic mass is 35.5. The van der Waals surface area contributed by atoms with E-state index in [1.807, 2.05) is 0 Å². The molecule has 0 bridgehead atoms. The number of aldehydes is 1. The molecule has 0 saturated carbocycles. The Morgan fingerprint density at radius 3 is 2.59 bits per heavy atom. The van der Waals surface area contributed by atoms with E-state index in [1.165, 1.54) is 0 Å². The van der Waals surface area contributed by atoms with E-state index < -0.39 is 5.92 Å². The molecule has 1 aromatic carbocycles. The van der Waals surface area contributed by atoms with Gasteiger partial charge in [0.1, 0.15) is 6.29 Å². The molecule has 0 heterocycles.